The minimum Gasteiger partial charge on any atom is -0.689 e. The van der Waals surface area contributed by atoms with E-state index in [-0.39, 0.29) is 0 Å². The minimum atomic E-state index is -1.85. The number of rotatable bonds is 5. The molecule has 0 atom stereocenters. The number of pyridine rings is 1. The van der Waals surface area contributed by atoms with Crippen molar-refractivity contribution in [2.45, 2.75) is 0 Å². The lowest BCUT2D eigenvalue weighted by atomic mass is 9.42. The van der Waals surface area contributed by atoms with Gasteiger partial charge in [0.15, 0.2) is 0 Å². The van der Waals surface area contributed by atoms with Gasteiger partial charge in [-0.15, -0.1) is 10.9 Å². The van der Waals surface area contributed by atoms with Crippen LogP contribution in [0.15, 0.2) is 114 Å². The predicted octanol–water partition coefficient (Wildman–Crippen LogP) is 3.12. The van der Waals surface area contributed by atoms with Gasteiger partial charge in [0.05, 0.1) is 11.5 Å². The van der Waals surface area contributed by atoms with Gasteiger partial charge in [0.2, 0.25) is 0 Å². The van der Waals surface area contributed by atoms with Crippen molar-refractivity contribution in [1.82, 2.24) is 9.88 Å². The summed E-state index contributed by atoms with van der Waals surface area (Å²) >= 11 is 0. The molecule has 0 amide bonds. The lowest BCUT2D eigenvalue weighted by Crippen LogP contribution is -2.61. The Balaban J connectivity index is 1.94. The van der Waals surface area contributed by atoms with Crippen LogP contribution in [0.2, 0.25) is 0 Å². The maximum absolute atomic E-state index is 6.64. The highest BCUT2D eigenvalue weighted by molar-refractivity contribution is 6.97. The molecule has 0 saturated heterocycles. The largest absolute Gasteiger partial charge is 0.689 e. The zero-order valence-electron chi connectivity index (χ0n) is 16.6. The molecule has 0 saturated carbocycles. The molecule has 0 unspecified atom stereocenters. The molecule has 2 heterocycles. The average Bonchev–Trinajstić information content (AvgIpc) is 2.79. The highest BCUT2D eigenvalue weighted by atomic mass is 16.5. The Hall–Kier alpha value is -3.60. The van der Waals surface area contributed by atoms with Gasteiger partial charge >= 0.3 is 6.48 Å². The Kier molecular flexibility index (Phi) is 5.30. The van der Waals surface area contributed by atoms with E-state index >= 15 is 0 Å². The molecule has 4 nitrogen and oxygen atoms in total. The van der Waals surface area contributed by atoms with Gasteiger partial charge in [0.25, 0.3) is 0 Å². The molecule has 144 valence electrons. The molecular formula is C24H23BN3O-. The smallest absolute Gasteiger partial charge is 0.335 e. The lowest BCUT2D eigenvalue weighted by molar-refractivity contribution is 0.442. The van der Waals surface area contributed by atoms with E-state index in [0.29, 0.717) is 0 Å². The molecule has 5 heteroatoms. The second-order valence-corrected chi connectivity index (χ2v) is 7.24. The van der Waals surface area contributed by atoms with Crippen LogP contribution in [0.25, 0.3) is 0 Å². The fraction of sp³-hybridized carbons (Fsp3) is 0.0833. The van der Waals surface area contributed by atoms with Crippen LogP contribution in [-0.4, -0.2) is 36.2 Å². The summed E-state index contributed by atoms with van der Waals surface area (Å²) in [4.78, 5) is 11.7. The summed E-state index contributed by atoms with van der Waals surface area (Å²) < 4.78 is 6.64. The van der Waals surface area contributed by atoms with Crippen molar-refractivity contribution in [2.24, 2.45) is 4.90 Å². The van der Waals surface area contributed by atoms with E-state index in [9.17, 15) is 0 Å². The summed E-state index contributed by atoms with van der Waals surface area (Å²) in [6.45, 7) is -1.85. The number of nitrogens with zero attached hydrogens (tertiary/aromatic N) is 3. The number of hydrogen-bond donors (Lipinski definition) is 0. The third-order valence-electron chi connectivity index (χ3n) is 4.87. The van der Waals surface area contributed by atoms with Gasteiger partial charge in [-0.2, -0.15) is 0 Å². The Labute approximate surface area is 171 Å². The fourth-order valence-electron chi connectivity index (χ4n) is 3.49. The van der Waals surface area contributed by atoms with Crippen molar-refractivity contribution in [3.63, 3.8) is 0 Å². The van der Waals surface area contributed by atoms with Crippen LogP contribution >= 0.6 is 0 Å². The zero-order chi connectivity index (χ0) is 20.1. The van der Waals surface area contributed by atoms with Crippen molar-refractivity contribution in [3.8, 4) is 0 Å². The molecule has 0 aliphatic carbocycles. The monoisotopic (exact) mass is 380 g/mol. The van der Waals surface area contributed by atoms with Crippen LogP contribution in [0.4, 0.5) is 0 Å². The summed E-state index contributed by atoms with van der Waals surface area (Å²) in [6.07, 6.45) is 7.69. The van der Waals surface area contributed by atoms with Gasteiger partial charge in [-0.1, -0.05) is 66.7 Å². The first-order valence-corrected chi connectivity index (χ1v) is 9.69. The highest BCUT2D eigenvalue weighted by Gasteiger charge is 2.34. The van der Waals surface area contributed by atoms with Gasteiger partial charge in [0.1, 0.15) is 0 Å². The average molecular weight is 380 g/mol. The third kappa shape index (κ3) is 3.99. The van der Waals surface area contributed by atoms with Crippen molar-refractivity contribution >= 4 is 23.1 Å². The lowest BCUT2D eigenvalue weighted by Gasteiger charge is -2.43. The molecule has 1 aliphatic heterocycles. The fourth-order valence-corrected chi connectivity index (χ4v) is 3.49. The van der Waals surface area contributed by atoms with Gasteiger partial charge in [0, 0.05) is 32.2 Å². The second kappa shape index (κ2) is 8.19. The second-order valence-electron chi connectivity index (χ2n) is 7.24. The summed E-state index contributed by atoms with van der Waals surface area (Å²) in [7, 11) is 3.97. The van der Waals surface area contributed by atoms with Crippen molar-refractivity contribution in [1.29, 1.82) is 0 Å². The normalized spacial score (nSPS) is 15.4. The number of hydrogen-bond acceptors (Lipinski definition) is 4. The highest BCUT2D eigenvalue weighted by Crippen LogP contribution is 2.22. The topological polar surface area (TPSA) is 37.7 Å². The molecule has 4 rings (SSSR count). The molecule has 0 fully saturated rings. The van der Waals surface area contributed by atoms with E-state index in [1.807, 2.05) is 91.9 Å². The van der Waals surface area contributed by atoms with Crippen LogP contribution in [0.3, 0.4) is 0 Å². The molecular weight excluding hydrogens is 357 g/mol. The Morgan fingerprint density at radius 2 is 1.45 bits per heavy atom. The molecule has 1 aliphatic rings. The first-order valence-electron chi connectivity index (χ1n) is 9.69. The first kappa shape index (κ1) is 18.8. The molecule has 1 aromatic heterocycles. The molecule has 0 N–H and O–H groups in total. The zero-order valence-corrected chi connectivity index (χ0v) is 16.6. The summed E-state index contributed by atoms with van der Waals surface area (Å²) in [6, 6.07) is 26.3. The summed E-state index contributed by atoms with van der Waals surface area (Å²) in [5.74, 6) is 0.752. The van der Waals surface area contributed by atoms with Crippen LogP contribution in [0.5, 0.6) is 0 Å². The predicted molar refractivity (Wildman–Crippen MR) is 121 cm³/mol. The maximum Gasteiger partial charge on any atom is 0.335 e. The standard InChI is InChI=1S/C24H23BN3O/c1-28(2)18-16-22-19-24(23-15-9-10-17-26-23)27-25(29-22,20-11-5-3-6-12-20)21-13-7-4-8-14-21/h3-19H,1-2H3/q-1. The van der Waals surface area contributed by atoms with E-state index in [4.69, 9.17) is 9.56 Å². The van der Waals surface area contributed by atoms with Gasteiger partial charge < -0.3 is 14.5 Å². The molecule has 0 spiro atoms. The molecule has 0 bridgehead atoms. The number of benzene rings is 2. The molecule has 29 heavy (non-hydrogen) atoms. The van der Waals surface area contributed by atoms with Crippen LogP contribution in [-0.2, 0) is 4.65 Å². The Morgan fingerprint density at radius 1 is 0.828 bits per heavy atom. The number of aromatic nitrogens is 1. The Bertz CT molecular complexity index is 1010. The van der Waals surface area contributed by atoms with Gasteiger partial charge in [-0.05, 0) is 24.3 Å². The van der Waals surface area contributed by atoms with Crippen LogP contribution in [0.1, 0.15) is 5.69 Å². The summed E-state index contributed by atoms with van der Waals surface area (Å²) in [5.41, 5.74) is 3.68. The van der Waals surface area contributed by atoms with Gasteiger partial charge in [-0.25, -0.2) is 0 Å². The molecule has 0 radical (unpaired) electrons. The Morgan fingerprint density at radius 3 is 2.00 bits per heavy atom. The van der Waals surface area contributed by atoms with E-state index in [1.165, 1.54) is 0 Å². The van der Waals surface area contributed by atoms with E-state index < -0.39 is 6.48 Å². The van der Waals surface area contributed by atoms with Crippen molar-refractivity contribution in [2.75, 3.05) is 14.1 Å². The summed E-state index contributed by atoms with van der Waals surface area (Å²) in [5, 5.41) is 0. The van der Waals surface area contributed by atoms with Crippen molar-refractivity contribution in [3.05, 3.63) is 115 Å². The first-order chi connectivity index (χ1) is 14.2. The molecule has 2 aromatic carbocycles. The quantitative estimate of drug-likeness (QED) is 0.639. The number of allylic oxidation sites excluding steroid dienone is 2. The van der Waals surface area contributed by atoms with E-state index in [0.717, 1.165) is 28.1 Å². The van der Waals surface area contributed by atoms with Crippen LogP contribution in [0, 0.1) is 0 Å². The van der Waals surface area contributed by atoms with Gasteiger partial charge in [-0.3, -0.25) is 4.98 Å². The minimum absolute atomic E-state index is 0.752. The van der Waals surface area contributed by atoms with E-state index in [1.54, 1.807) is 6.20 Å². The van der Waals surface area contributed by atoms with Crippen LogP contribution < -0.4 is 10.9 Å². The van der Waals surface area contributed by atoms with Crippen molar-refractivity contribution < 1.29 is 4.65 Å². The maximum atomic E-state index is 6.64. The molecule has 3 aromatic rings. The SMILES string of the molecule is CN(C)C=CC1=CC(c2ccccn2)=N[B-](c2ccccc2)(c2ccccc2)O1. The van der Waals surface area contributed by atoms with E-state index in [2.05, 4.69) is 29.2 Å². The third-order valence-corrected chi connectivity index (χ3v) is 4.87.